The minimum Gasteiger partial charge on any atom is -0.263 e. The van der Waals surface area contributed by atoms with E-state index in [9.17, 15) is 8.42 Å². The van der Waals surface area contributed by atoms with E-state index in [2.05, 4.69) is 18.6 Å². The van der Waals surface area contributed by atoms with Gasteiger partial charge >= 0.3 is 0 Å². The molecule has 0 bridgehead atoms. The van der Waals surface area contributed by atoms with Crippen molar-refractivity contribution >= 4 is 50.2 Å². The fourth-order valence-electron chi connectivity index (χ4n) is 2.52. The lowest BCUT2D eigenvalue weighted by atomic mass is 10.1. The average molecular weight is 406 g/mol. The number of rotatable bonds is 4. The van der Waals surface area contributed by atoms with Gasteiger partial charge in [-0.25, -0.2) is 8.42 Å². The first-order valence-electron chi connectivity index (χ1n) is 7.48. The number of hydrogen-bond donors (Lipinski definition) is 1. The monoisotopic (exact) mass is 405 g/mol. The zero-order valence-corrected chi connectivity index (χ0v) is 15.8. The molecule has 0 amide bonds. The SMILES string of the molecule is Cn1nc(-c2ccc(Cl)cc2)cc1NS(=O)(=O)c1cccc2nsnc12. The van der Waals surface area contributed by atoms with E-state index < -0.39 is 10.0 Å². The van der Waals surface area contributed by atoms with Gasteiger partial charge in [0.1, 0.15) is 21.7 Å². The minimum atomic E-state index is -3.84. The van der Waals surface area contributed by atoms with Crippen LogP contribution in [-0.4, -0.2) is 26.9 Å². The second-order valence-corrected chi connectivity index (χ2v) is 8.15. The summed E-state index contributed by atoms with van der Waals surface area (Å²) in [6, 6.07) is 13.7. The third-order valence-corrected chi connectivity index (χ3v) is 5.98. The van der Waals surface area contributed by atoms with Crippen LogP contribution < -0.4 is 4.72 Å². The lowest BCUT2D eigenvalue weighted by Gasteiger charge is -2.07. The largest absolute Gasteiger partial charge is 0.265 e. The van der Waals surface area contributed by atoms with Crippen LogP contribution in [0.2, 0.25) is 5.02 Å². The Morgan fingerprint density at radius 1 is 1.12 bits per heavy atom. The Kier molecular flexibility index (Phi) is 4.14. The molecule has 0 aliphatic carbocycles. The van der Waals surface area contributed by atoms with Crippen molar-refractivity contribution in [2.45, 2.75) is 4.90 Å². The maximum absolute atomic E-state index is 12.8. The second kappa shape index (κ2) is 6.35. The van der Waals surface area contributed by atoms with Crippen molar-refractivity contribution in [3.8, 4) is 11.3 Å². The van der Waals surface area contributed by atoms with Gasteiger partial charge in [0.2, 0.25) is 0 Å². The van der Waals surface area contributed by atoms with Crippen molar-refractivity contribution in [3.05, 3.63) is 53.6 Å². The Morgan fingerprint density at radius 2 is 1.88 bits per heavy atom. The van der Waals surface area contributed by atoms with Crippen LogP contribution in [0.4, 0.5) is 5.82 Å². The summed E-state index contributed by atoms with van der Waals surface area (Å²) in [6.45, 7) is 0. The van der Waals surface area contributed by atoms with E-state index in [1.807, 2.05) is 12.1 Å². The fraction of sp³-hybridized carbons (Fsp3) is 0.0625. The third kappa shape index (κ3) is 3.05. The molecule has 0 saturated carbocycles. The minimum absolute atomic E-state index is 0.0815. The van der Waals surface area contributed by atoms with E-state index in [-0.39, 0.29) is 4.90 Å². The Bertz CT molecular complexity index is 1200. The Labute approximate surface area is 158 Å². The summed E-state index contributed by atoms with van der Waals surface area (Å²) < 4.78 is 37.9. The van der Waals surface area contributed by atoms with Gasteiger partial charge < -0.3 is 0 Å². The number of fused-ring (bicyclic) bond motifs is 1. The summed E-state index contributed by atoms with van der Waals surface area (Å²) in [4.78, 5) is 0.0815. The van der Waals surface area contributed by atoms with Crippen molar-refractivity contribution in [1.29, 1.82) is 0 Å². The molecule has 0 radical (unpaired) electrons. The average Bonchev–Trinajstić information content (AvgIpc) is 3.22. The van der Waals surface area contributed by atoms with Gasteiger partial charge in [-0.1, -0.05) is 29.8 Å². The van der Waals surface area contributed by atoms with E-state index in [0.29, 0.717) is 27.6 Å². The van der Waals surface area contributed by atoms with E-state index in [0.717, 1.165) is 17.3 Å². The van der Waals surface area contributed by atoms with E-state index >= 15 is 0 Å². The molecule has 0 unspecified atom stereocenters. The van der Waals surface area contributed by atoms with Gasteiger partial charge in [0.15, 0.2) is 0 Å². The standard InChI is InChI=1S/C16H12ClN5O2S2/c1-22-15(9-13(18-22)10-5-7-11(17)8-6-10)21-26(23,24)14-4-2-3-12-16(14)20-25-19-12/h2-9,21H,1H3. The number of nitrogens with zero attached hydrogens (tertiary/aromatic N) is 4. The zero-order valence-electron chi connectivity index (χ0n) is 13.4. The molecule has 2 heterocycles. The highest BCUT2D eigenvalue weighted by Crippen LogP contribution is 2.26. The lowest BCUT2D eigenvalue weighted by Crippen LogP contribution is -2.15. The highest BCUT2D eigenvalue weighted by Gasteiger charge is 2.21. The Balaban J connectivity index is 1.71. The van der Waals surface area contributed by atoms with Crippen LogP contribution in [0.5, 0.6) is 0 Å². The number of nitrogens with one attached hydrogen (secondary N) is 1. The summed E-state index contributed by atoms with van der Waals surface area (Å²) in [5, 5.41) is 4.98. The molecule has 0 atom stereocenters. The molecule has 0 aliphatic heterocycles. The molecular formula is C16H12ClN5O2S2. The molecule has 0 aliphatic rings. The molecule has 1 N–H and O–H groups in total. The molecule has 10 heteroatoms. The second-order valence-electron chi connectivity index (χ2n) is 5.54. The molecule has 4 rings (SSSR count). The topological polar surface area (TPSA) is 89.8 Å². The number of hydrogen-bond acceptors (Lipinski definition) is 6. The van der Waals surface area contributed by atoms with Gasteiger partial charge in [0.05, 0.1) is 17.4 Å². The summed E-state index contributed by atoms with van der Waals surface area (Å²) in [5.41, 5.74) is 2.37. The van der Waals surface area contributed by atoms with Gasteiger partial charge in [-0.05, 0) is 24.3 Å². The van der Waals surface area contributed by atoms with E-state index in [4.69, 9.17) is 11.6 Å². The van der Waals surface area contributed by atoms with Crippen LogP contribution >= 0.6 is 23.3 Å². The Hall–Kier alpha value is -2.49. The molecule has 2 aromatic heterocycles. The molecule has 132 valence electrons. The summed E-state index contributed by atoms with van der Waals surface area (Å²) in [7, 11) is -2.17. The molecule has 0 saturated heterocycles. The number of benzene rings is 2. The highest BCUT2D eigenvalue weighted by molar-refractivity contribution is 7.93. The van der Waals surface area contributed by atoms with Crippen LogP contribution in [0.3, 0.4) is 0 Å². The van der Waals surface area contributed by atoms with Crippen LogP contribution in [0.1, 0.15) is 0 Å². The first-order valence-corrected chi connectivity index (χ1v) is 10.1. The zero-order chi connectivity index (χ0) is 18.3. The predicted octanol–water partition coefficient (Wildman–Crippen LogP) is 3.55. The maximum atomic E-state index is 12.8. The lowest BCUT2D eigenvalue weighted by molar-refractivity contribution is 0.601. The van der Waals surface area contributed by atoms with Crippen molar-refractivity contribution < 1.29 is 8.42 Å². The highest BCUT2D eigenvalue weighted by atomic mass is 35.5. The van der Waals surface area contributed by atoms with Crippen molar-refractivity contribution in [2.24, 2.45) is 7.05 Å². The fourth-order valence-corrected chi connectivity index (χ4v) is 4.49. The number of halogens is 1. The maximum Gasteiger partial charge on any atom is 0.265 e. The molecule has 0 spiro atoms. The smallest absolute Gasteiger partial charge is 0.263 e. The van der Waals surface area contributed by atoms with Crippen LogP contribution in [0.15, 0.2) is 53.4 Å². The molecule has 4 aromatic rings. The molecular weight excluding hydrogens is 394 g/mol. The van der Waals surface area contributed by atoms with Crippen molar-refractivity contribution in [3.63, 3.8) is 0 Å². The van der Waals surface area contributed by atoms with Gasteiger partial charge in [0, 0.05) is 23.7 Å². The van der Waals surface area contributed by atoms with Crippen LogP contribution in [-0.2, 0) is 17.1 Å². The summed E-state index contributed by atoms with van der Waals surface area (Å²) in [6.07, 6.45) is 0. The van der Waals surface area contributed by atoms with E-state index in [1.54, 1.807) is 37.4 Å². The van der Waals surface area contributed by atoms with Crippen molar-refractivity contribution in [2.75, 3.05) is 4.72 Å². The molecule has 26 heavy (non-hydrogen) atoms. The number of aryl methyl sites for hydroxylation is 1. The van der Waals surface area contributed by atoms with Crippen LogP contribution in [0, 0.1) is 0 Å². The summed E-state index contributed by atoms with van der Waals surface area (Å²) >= 11 is 6.88. The quantitative estimate of drug-likeness (QED) is 0.560. The van der Waals surface area contributed by atoms with Gasteiger partial charge in [-0.15, -0.1) is 0 Å². The number of sulfonamides is 1. The predicted molar refractivity (Wildman–Crippen MR) is 102 cm³/mol. The third-order valence-electron chi connectivity index (χ3n) is 3.80. The number of aromatic nitrogens is 4. The van der Waals surface area contributed by atoms with Crippen molar-refractivity contribution in [1.82, 2.24) is 18.5 Å². The normalized spacial score (nSPS) is 11.8. The van der Waals surface area contributed by atoms with Gasteiger partial charge in [-0.3, -0.25) is 9.40 Å². The van der Waals surface area contributed by atoms with Crippen LogP contribution in [0.25, 0.3) is 22.3 Å². The van der Waals surface area contributed by atoms with Gasteiger partial charge in [0.25, 0.3) is 10.0 Å². The molecule has 2 aromatic carbocycles. The summed E-state index contributed by atoms with van der Waals surface area (Å²) in [5.74, 6) is 0.343. The molecule has 7 nitrogen and oxygen atoms in total. The van der Waals surface area contributed by atoms with Gasteiger partial charge in [-0.2, -0.15) is 13.8 Å². The first-order chi connectivity index (χ1) is 12.4. The van der Waals surface area contributed by atoms with E-state index in [1.165, 1.54) is 10.7 Å². The Morgan fingerprint density at radius 3 is 2.65 bits per heavy atom. The molecule has 0 fully saturated rings. The number of anilines is 1. The first kappa shape index (κ1) is 17.0.